The average molecular weight is 320 g/mol. The normalized spacial score (nSPS) is 15.2. The van der Waals surface area contributed by atoms with Gasteiger partial charge in [0.25, 0.3) is 11.8 Å². The maximum Gasteiger partial charge on any atom is 0.269 e. The maximum atomic E-state index is 12.1. The zero-order valence-corrected chi connectivity index (χ0v) is 13.5. The van der Waals surface area contributed by atoms with Crippen molar-refractivity contribution in [2.24, 2.45) is 0 Å². The van der Waals surface area contributed by atoms with Gasteiger partial charge in [-0.1, -0.05) is 13.0 Å². The monoisotopic (exact) mass is 320 g/mol. The molecule has 126 valence electrons. The van der Waals surface area contributed by atoms with E-state index in [1.165, 1.54) is 0 Å². The molecule has 1 saturated heterocycles. The van der Waals surface area contributed by atoms with Gasteiger partial charge >= 0.3 is 0 Å². The summed E-state index contributed by atoms with van der Waals surface area (Å²) in [6.07, 6.45) is 0.855. The van der Waals surface area contributed by atoms with Crippen molar-refractivity contribution < 1.29 is 14.3 Å². The van der Waals surface area contributed by atoms with E-state index < -0.39 is 0 Å². The van der Waals surface area contributed by atoms with Crippen LogP contribution in [0.15, 0.2) is 18.2 Å². The Kier molecular flexibility index (Phi) is 6.96. The standard InChI is InChI=1S/C16H24N4O3/c1-2-6-17-15(21)13-4-3-5-14(19-13)16(22)18-7-8-20-9-11-23-12-10-20/h3-5H,2,6-12H2,1H3,(H,17,21)(H,18,22). The van der Waals surface area contributed by atoms with Crippen LogP contribution in [0.2, 0.25) is 0 Å². The Labute approximate surface area is 136 Å². The first-order valence-electron chi connectivity index (χ1n) is 8.04. The molecule has 23 heavy (non-hydrogen) atoms. The molecule has 0 saturated carbocycles. The Hall–Kier alpha value is -1.99. The van der Waals surface area contributed by atoms with E-state index in [1.807, 2.05) is 6.92 Å². The molecule has 0 atom stereocenters. The fraction of sp³-hybridized carbons (Fsp3) is 0.562. The largest absolute Gasteiger partial charge is 0.379 e. The van der Waals surface area contributed by atoms with E-state index >= 15 is 0 Å². The lowest BCUT2D eigenvalue weighted by Gasteiger charge is -2.26. The maximum absolute atomic E-state index is 12.1. The molecule has 1 aromatic heterocycles. The first kappa shape index (κ1) is 17.4. The molecule has 0 unspecified atom stereocenters. The van der Waals surface area contributed by atoms with Gasteiger partial charge in [0.2, 0.25) is 0 Å². The van der Waals surface area contributed by atoms with Gasteiger partial charge in [0, 0.05) is 32.7 Å². The van der Waals surface area contributed by atoms with E-state index in [1.54, 1.807) is 18.2 Å². The summed E-state index contributed by atoms with van der Waals surface area (Å²) < 4.78 is 5.28. The molecule has 2 rings (SSSR count). The minimum atomic E-state index is -0.261. The summed E-state index contributed by atoms with van der Waals surface area (Å²) in [6, 6.07) is 4.89. The fourth-order valence-electron chi connectivity index (χ4n) is 2.26. The van der Waals surface area contributed by atoms with Gasteiger partial charge in [0.05, 0.1) is 13.2 Å². The van der Waals surface area contributed by atoms with Crippen molar-refractivity contribution >= 4 is 11.8 Å². The molecule has 7 nitrogen and oxygen atoms in total. The van der Waals surface area contributed by atoms with E-state index in [-0.39, 0.29) is 23.2 Å². The van der Waals surface area contributed by atoms with Crippen molar-refractivity contribution in [3.63, 3.8) is 0 Å². The second kappa shape index (κ2) is 9.22. The molecule has 0 spiro atoms. The Morgan fingerprint density at radius 1 is 1.13 bits per heavy atom. The summed E-state index contributed by atoms with van der Waals surface area (Å²) in [5, 5.41) is 5.59. The fourth-order valence-corrected chi connectivity index (χ4v) is 2.26. The highest BCUT2D eigenvalue weighted by molar-refractivity contribution is 5.96. The van der Waals surface area contributed by atoms with Gasteiger partial charge in [-0.05, 0) is 18.6 Å². The molecule has 1 aliphatic heterocycles. The van der Waals surface area contributed by atoms with E-state index in [4.69, 9.17) is 4.74 Å². The van der Waals surface area contributed by atoms with Crippen LogP contribution in [-0.2, 0) is 4.74 Å². The predicted octanol–water partition coefficient (Wildman–Crippen LogP) is 0.283. The molecule has 2 heterocycles. The summed E-state index contributed by atoms with van der Waals surface area (Å²) in [7, 11) is 0. The van der Waals surface area contributed by atoms with Gasteiger partial charge in [0.15, 0.2) is 0 Å². The molecular weight excluding hydrogens is 296 g/mol. The van der Waals surface area contributed by atoms with E-state index in [0.717, 1.165) is 39.3 Å². The number of nitrogens with zero attached hydrogens (tertiary/aromatic N) is 2. The van der Waals surface area contributed by atoms with Crippen LogP contribution in [0.25, 0.3) is 0 Å². The molecule has 0 aromatic carbocycles. The van der Waals surface area contributed by atoms with Gasteiger partial charge in [-0.15, -0.1) is 0 Å². The highest BCUT2D eigenvalue weighted by atomic mass is 16.5. The Morgan fingerprint density at radius 3 is 2.35 bits per heavy atom. The van der Waals surface area contributed by atoms with Crippen LogP contribution in [0.1, 0.15) is 34.3 Å². The highest BCUT2D eigenvalue weighted by Gasteiger charge is 2.13. The van der Waals surface area contributed by atoms with Gasteiger partial charge < -0.3 is 15.4 Å². The Bertz CT molecular complexity index is 530. The smallest absolute Gasteiger partial charge is 0.269 e. The number of nitrogens with one attached hydrogen (secondary N) is 2. The van der Waals surface area contributed by atoms with Gasteiger partial charge in [-0.2, -0.15) is 0 Å². The first-order chi connectivity index (χ1) is 11.2. The van der Waals surface area contributed by atoms with Gasteiger partial charge in [0.1, 0.15) is 11.4 Å². The topological polar surface area (TPSA) is 83.6 Å². The zero-order valence-electron chi connectivity index (χ0n) is 13.5. The number of morpholine rings is 1. The lowest BCUT2D eigenvalue weighted by atomic mass is 10.2. The number of rotatable bonds is 7. The summed E-state index contributed by atoms with van der Waals surface area (Å²) in [6.45, 7) is 7.17. The van der Waals surface area contributed by atoms with Gasteiger partial charge in [-0.3, -0.25) is 14.5 Å². The van der Waals surface area contributed by atoms with Crippen molar-refractivity contribution in [1.29, 1.82) is 0 Å². The summed E-state index contributed by atoms with van der Waals surface area (Å²) >= 11 is 0. The number of carbonyl (C=O) groups is 2. The lowest BCUT2D eigenvalue weighted by Crippen LogP contribution is -2.41. The summed E-state index contributed by atoms with van der Waals surface area (Å²) in [4.78, 5) is 30.4. The minimum absolute atomic E-state index is 0.255. The van der Waals surface area contributed by atoms with E-state index in [2.05, 4.69) is 20.5 Å². The third-order valence-corrected chi connectivity index (χ3v) is 3.57. The number of carbonyl (C=O) groups excluding carboxylic acids is 2. The quantitative estimate of drug-likeness (QED) is 0.754. The average Bonchev–Trinajstić information content (AvgIpc) is 2.60. The molecule has 1 fully saturated rings. The van der Waals surface area contributed by atoms with Gasteiger partial charge in [-0.25, -0.2) is 4.98 Å². The van der Waals surface area contributed by atoms with Crippen LogP contribution in [-0.4, -0.2) is 67.6 Å². The van der Waals surface area contributed by atoms with Crippen molar-refractivity contribution in [3.05, 3.63) is 29.6 Å². The lowest BCUT2D eigenvalue weighted by molar-refractivity contribution is 0.0383. The SMILES string of the molecule is CCCNC(=O)c1cccc(C(=O)NCCN2CCOCC2)n1. The van der Waals surface area contributed by atoms with Crippen LogP contribution >= 0.6 is 0 Å². The molecule has 7 heteroatoms. The second-order valence-corrected chi connectivity index (χ2v) is 5.37. The van der Waals surface area contributed by atoms with E-state index in [9.17, 15) is 9.59 Å². The van der Waals surface area contributed by atoms with Crippen molar-refractivity contribution in [2.45, 2.75) is 13.3 Å². The van der Waals surface area contributed by atoms with Crippen molar-refractivity contribution in [1.82, 2.24) is 20.5 Å². The Morgan fingerprint density at radius 2 is 1.74 bits per heavy atom. The third kappa shape index (κ3) is 5.61. The van der Waals surface area contributed by atoms with Crippen molar-refractivity contribution in [2.75, 3.05) is 45.9 Å². The molecule has 1 aliphatic rings. The summed E-state index contributed by atoms with van der Waals surface area (Å²) in [5.74, 6) is -0.516. The highest BCUT2D eigenvalue weighted by Crippen LogP contribution is 2.00. The van der Waals surface area contributed by atoms with Crippen LogP contribution in [0.5, 0.6) is 0 Å². The number of amides is 2. The summed E-state index contributed by atoms with van der Waals surface area (Å²) in [5.41, 5.74) is 0.524. The minimum Gasteiger partial charge on any atom is -0.379 e. The van der Waals surface area contributed by atoms with Crippen LogP contribution in [0.4, 0.5) is 0 Å². The molecule has 0 aliphatic carbocycles. The molecule has 1 aromatic rings. The van der Waals surface area contributed by atoms with Crippen LogP contribution in [0, 0.1) is 0 Å². The number of ether oxygens (including phenoxy) is 1. The molecule has 2 amide bonds. The predicted molar refractivity (Wildman–Crippen MR) is 86.5 cm³/mol. The number of pyridine rings is 1. The van der Waals surface area contributed by atoms with E-state index in [0.29, 0.717) is 13.1 Å². The van der Waals surface area contributed by atoms with Crippen LogP contribution in [0.3, 0.4) is 0 Å². The third-order valence-electron chi connectivity index (χ3n) is 3.57. The first-order valence-corrected chi connectivity index (χ1v) is 8.04. The number of hydrogen-bond donors (Lipinski definition) is 2. The molecule has 0 bridgehead atoms. The molecule has 2 N–H and O–H groups in total. The molecule has 0 radical (unpaired) electrons. The van der Waals surface area contributed by atoms with Crippen LogP contribution < -0.4 is 10.6 Å². The van der Waals surface area contributed by atoms with Crippen molar-refractivity contribution in [3.8, 4) is 0 Å². The number of aromatic nitrogens is 1. The zero-order chi connectivity index (χ0) is 16.5. The molecular formula is C16H24N4O3. The Balaban J connectivity index is 1.82. The number of hydrogen-bond acceptors (Lipinski definition) is 5. The second-order valence-electron chi connectivity index (χ2n) is 5.37.